The predicted molar refractivity (Wildman–Crippen MR) is 135 cm³/mol. The molecule has 2 N–H and O–H groups in total. The summed E-state index contributed by atoms with van der Waals surface area (Å²) < 4.78 is 32.1. The maximum atomic E-state index is 13.5. The summed E-state index contributed by atoms with van der Waals surface area (Å²) >= 11 is 0. The zero-order chi connectivity index (χ0) is 27.6. The van der Waals surface area contributed by atoms with Crippen LogP contribution in [0.1, 0.15) is 65.4 Å². The van der Waals surface area contributed by atoms with Crippen molar-refractivity contribution in [3.8, 4) is 0 Å². The van der Waals surface area contributed by atoms with Gasteiger partial charge in [0.2, 0.25) is 0 Å². The van der Waals surface area contributed by atoms with Crippen LogP contribution in [0.5, 0.6) is 0 Å². The Labute approximate surface area is 218 Å². The second kappa shape index (κ2) is 9.27. The molecular weight excluding hydrogens is 496 g/mol. The summed E-state index contributed by atoms with van der Waals surface area (Å²) in [6.07, 6.45) is -0.184. The molecule has 3 aliphatic rings. The summed E-state index contributed by atoms with van der Waals surface area (Å²) in [4.78, 5) is 38.6. The number of carboxylic acids is 1. The van der Waals surface area contributed by atoms with Gasteiger partial charge in [0.1, 0.15) is 12.1 Å². The van der Waals surface area contributed by atoms with E-state index in [1.807, 2.05) is 20.8 Å². The van der Waals surface area contributed by atoms with E-state index in [0.717, 1.165) is 5.56 Å². The molecule has 3 fully saturated rings. The van der Waals surface area contributed by atoms with E-state index >= 15 is 0 Å². The van der Waals surface area contributed by atoms with Crippen LogP contribution in [-0.2, 0) is 28.7 Å². The highest BCUT2D eigenvalue weighted by atomic mass is 32.2. The first kappa shape index (κ1) is 27.9. The molecule has 0 heterocycles. The SMILES string of the molecule is Cc1ccc(S(=O)(=O)OC(C(=O)O)[C@@H]2C[C@@](C)(C=O)[C@@H](O)[C@H](C)[C@]34CCC(=O)[C@H]3[C@]2(C)[C@H](C)CC4)cc1. The largest absolute Gasteiger partial charge is 0.479 e. The van der Waals surface area contributed by atoms with E-state index in [9.17, 15) is 33.0 Å². The average Bonchev–Trinajstić information content (AvgIpc) is 3.20. The number of hydrogen-bond acceptors (Lipinski definition) is 7. The Bertz CT molecular complexity index is 1190. The number of benzene rings is 1. The lowest BCUT2D eigenvalue weighted by molar-refractivity contribution is -0.196. The summed E-state index contributed by atoms with van der Waals surface area (Å²) in [7, 11) is -4.49. The number of aliphatic hydroxyl groups excluding tert-OH is 1. The Balaban J connectivity index is 1.91. The highest BCUT2D eigenvalue weighted by Gasteiger charge is 2.69. The highest BCUT2D eigenvalue weighted by molar-refractivity contribution is 7.86. The average molecular weight is 535 g/mol. The van der Waals surface area contributed by atoms with Gasteiger partial charge < -0.3 is 15.0 Å². The lowest BCUT2D eigenvalue weighted by Gasteiger charge is -2.62. The van der Waals surface area contributed by atoms with Crippen molar-refractivity contribution < 1.29 is 37.2 Å². The second-order valence-corrected chi connectivity index (χ2v) is 13.8. The van der Waals surface area contributed by atoms with Crippen molar-refractivity contribution in [1.29, 1.82) is 0 Å². The first-order valence-corrected chi connectivity index (χ1v) is 14.4. The lowest BCUT2D eigenvalue weighted by atomic mass is 9.41. The number of rotatable bonds is 6. The molecule has 0 radical (unpaired) electrons. The molecule has 37 heavy (non-hydrogen) atoms. The minimum Gasteiger partial charge on any atom is -0.479 e. The third-order valence-electron chi connectivity index (χ3n) is 10.4. The van der Waals surface area contributed by atoms with Gasteiger partial charge in [-0.05, 0) is 67.4 Å². The Morgan fingerprint density at radius 1 is 1.16 bits per heavy atom. The first-order valence-electron chi connectivity index (χ1n) is 13.0. The van der Waals surface area contributed by atoms with Crippen LogP contribution in [-0.4, -0.2) is 48.9 Å². The van der Waals surface area contributed by atoms with Crippen LogP contribution in [0, 0.1) is 46.8 Å². The van der Waals surface area contributed by atoms with E-state index in [-0.39, 0.29) is 28.9 Å². The predicted octanol–water partition coefficient (Wildman–Crippen LogP) is 3.78. The van der Waals surface area contributed by atoms with Gasteiger partial charge in [0.15, 0.2) is 6.10 Å². The molecule has 3 saturated carbocycles. The minimum absolute atomic E-state index is 0.0123. The van der Waals surface area contributed by atoms with Gasteiger partial charge in [-0.1, -0.05) is 45.4 Å². The van der Waals surface area contributed by atoms with Crippen molar-refractivity contribution in [3.05, 3.63) is 29.8 Å². The molecule has 2 bridgehead atoms. The molecule has 1 aromatic rings. The lowest BCUT2D eigenvalue weighted by Crippen LogP contribution is -2.63. The van der Waals surface area contributed by atoms with Crippen LogP contribution < -0.4 is 0 Å². The zero-order valence-corrected chi connectivity index (χ0v) is 23.0. The maximum absolute atomic E-state index is 13.5. The van der Waals surface area contributed by atoms with Gasteiger partial charge >= 0.3 is 5.97 Å². The van der Waals surface area contributed by atoms with Crippen molar-refractivity contribution >= 4 is 28.2 Å². The van der Waals surface area contributed by atoms with Crippen LogP contribution in [0.15, 0.2) is 29.2 Å². The molecule has 1 aromatic carbocycles. The summed E-state index contributed by atoms with van der Waals surface area (Å²) in [5, 5.41) is 21.9. The van der Waals surface area contributed by atoms with Crippen LogP contribution in [0.3, 0.4) is 0 Å². The molecule has 0 spiro atoms. The number of carbonyl (C=O) groups excluding carboxylic acids is 2. The second-order valence-electron chi connectivity index (χ2n) is 12.2. The molecule has 0 amide bonds. The number of aliphatic hydroxyl groups is 1. The van der Waals surface area contributed by atoms with Gasteiger partial charge in [-0.25, -0.2) is 4.79 Å². The molecule has 1 unspecified atom stereocenters. The minimum atomic E-state index is -4.49. The molecule has 204 valence electrons. The van der Waals surface area contributed by atoms with Crippen LogP contribution in [0.25, 0.3) is 0 Å². The summed E-state index contributed by atoms with van der Waals surface area (Å²) in [6, 6.07) is 5.91. The number of carbonyl (C=O) groups is 3. The van der Waals surface area contributed by atoms with Crippen molar-refractivity contribution in [3.63, 3.8) is 0 Å². The van der Waals surface area contributed by atoms with Gasteiger partial charge in [0, 0.05) is 23.7 Å². The number of ketones is 1. The number of aryl methyl sites for hydroxylation is 1. The van der Waals surface area contributed by atoms with E-state index in [1.165, 1.54) is 12.1 Å². The van der Waals surface area contributed by atoms with Crippen molar-refractivity contribution in [2.75, 3.05) is 0 Å². The van der Waals surface area contributed by atoms with Gasteiger partial charge in [-0.3, -0.25) is 8.98 Å². The van der Waals surface area contributed by atoms with Crippen LogP contribution >= 0.6 is 0 Å². The monoisotopic (exact) mass is 534 g/mol. The number of Topliss-reactive ketones (excluding diaryl/α,β-unsaturated/α-hetero) is 1. The maximum Gasteiger partial charge on any atom is 0.334 e. The van der Waals surface area contributed by atoms with Crippen LogP contribution in [0.2, 0.25) is 0 Å². The Morgan fingerprint density at radius 3 is 2.35 bits per heavy atom. The van der Waals surface area contributed by atoms with Crippen molar-refractivity contribution in [1.82, 2.24) is 0 Å². The van der Waals surface area contributed by atoms with Crippen LogP contribution in [0.4, 0.5) is 0 Å². The Morgan fingerprint density at radius 2 is 1.78 bits per heavy atom. The summed E-state index contributed by atoms with van der Waals surface area (Å²) in [6.45, 7) is 9.13. The van der Waals surface area contributed by atoms with Gasteiger partial charge in [0.05, 0.1) is 11.0 Å². The van der Waals surface area contributed by atoms with E-state index in [1.54, 1.807) is 26.0 Å². The van der Waals surface area contributed by atoms with Crippen molar-refractivity contribution in [2.24, 2.45) is 39.9 Å². The third-order valence-corrected chi connectivity index (χ3v) is 11.7. The Kier molecular flexibility index (Phi) is 7.00. The van der Waals surface area contributed by atoms with Gasteiger partial charge in [-0.15, -0.1) is 0 Å². The quantitative estimate of drug-likeness (QED) is 0.416. The van der Waals surface area contributed by atoms with Gasteiger partial charge in [0.25, 0.3) is 10.1 Å². The zero-order valence-electron chi connectivity index (χ0n) is 22.1. The molecule has 8 nitrogen and oxygen atoms in total. The van der Waals surface area contributed by atoms with E-state index in [4.69, 9.17) is 4.18 Å². The number of aliphatic carboxylic acids is 1. The van der Waals surface area contributed by atoms with E-state index in [2.05, 4.69) is 0 Å². The first-order chi connectivity index (χ1) is 17.1. The standard InChI is InChI=1S/C28H38O8S/c1-16-6-8-19(9-7-16)37(34,35)36-22(25(32)33)20-14-26(4,15-29)24(31)18(3)28-12-10-17(2)27(20,5)23(28)21(30)11-13-28/h6-9,15,17-18,20,22-24,31H,10-14H2,1-5H3,(H,32,33)/t17-,18+,20+,22?,23+,24+,26+,27-,28+/m1/s1. The van der Waals surface area contributed by atoms with E-state index in [0.29, 0.717) is 32.0 Å². The fraction of sp³-hybridized carbons (Fsp3) is 0.679. The van der Waals surface area contributed by atoms with E-state index < -0.39 is 56.4 Å². The summed E-state index contributed by atoms with van der Waals surface area (Å²) in [5.74, 6) is -3.56. The molecule has 3 aliphatic carbocycles. The fourth-order valence-electron chi connectivity index (χ4n) is 8.01. The Hall–Kier alpha value is -2.10. The highest BCUT2D eigenvalue weighted by Crippen LogP contribution is 2.69. The molecule has 9 atom stereocenters. The molecule has 9 heteroatoms. The van der Waals surface area contributed by atoms with Crippen molar-refractivity contribution in [2.45, 2.75) is 83.8 Å². The molecule has 4 rings (SSSR count). The number of aldehydes is 1. The third kappa shape index (κ3) is 4.17. The fourth-order valence-corrected chi connectivity index (χ4v) is 9.08. The normalized spacial score (nSPS) is 40.8. The topological polar surface area (TPSA) is 135 Å². The van der Waals surface area contributed by atoms with Gasteiger partial charge in [-0.2, -0.15) is 8.42 Å². The smallest absolute Gasteiger partial charge is 0.334 e. The summed E-state index contributed by atoms with van der Waals surface area (Å²) in [5.41, 5.74) is -2.08. The molecule has 0 saturated heterocycles. The molecule has 0 aromatic heterocycles. The number of hydrogen-bond donors (Lipinski definition) is 2. The number of carboxylic acid groups (broad SMARTS) is 1. The molecule has 0 aliphatic heterocycles. The molecular formula is C28H38O8S.